The summed E-state index contributed by atoms with van der Waals surface area (Å²) in [5.74, 6) is 0.314. The van der Waals surface area contributed by atoms with Gasteiger partial charge < -0.3 is 9.73 Å². The molecule has 3 nitrogen and oxygen atoms in total. The largest absolute Gasteiger partial charge is 0.468 e. The van der Waals surface area contributed by atoms with Crippen molar-refractivity contribution in [2.45, 2.75) is 64.1 Å². The van der Waals surface area contributed by atoms with E-state index in [1.54, 1.807) is 13.8 Å². The summed E-state index contributed by atoms with van der Waals surface area (Å²) in [5.41, 5.74) is -1.31. The average molecular weight is 329 g/mol. The minimum Gasteiger partial charge on any atom is -0.468 e. The molecule has 23 heavy (non-hydrogen) atoms. The summed E-state index contributed by atoms with van der Waals surface area (Å²) < 4.78 is 44.6. The van der Waals surface area contributed by atoms with E-state index in [0.717, 1.165) is 31.6 Å². The Labute approximate surface area is 133 Å². The average Bonchev–Trinajstić information content (AvgIpc) is 3.06. The summed E-state index contributed by atoms with van der Waals surface area (Å²) in [6, 6.07) is -0.0164. The number of hydrogen-bond acceptors (Lipinski definition) is 2. The summed E-state index contributed by atoms with van der Waals surface area (Å²) >= 11 is 0. The van der Waals surface area contributed by atoms with Gasteiger partial charge in [0.1, 0.15) is 17.6 Å². The molecule has 6 heteroatoms. The fraction of sp³-hybridized carbons (Fsp3) is 0.706. The molecule has 1 aromatic rings. The van der Waals surface area contributed by atoms with Gasteiger partial charge in [0.25, 0.3) is 5.91 Å². The van der Waals surface area contributed by atoms with Crippen LogP contribution in [0.1, 0.15) is 73.6 Å². The monoisotopic (exact) mass is 329 g/mol. The number of carbonyl (C=O) groups is 1. The zero-order chi connectivity index (χ0) is 16.8. The van der Waals surface area contributed by atoms with Gasteiger partial charge in [0.05, 0.1) is 5.56 Å². The molecule has 2 saturated carbocycles. The molecule has 3 unspecified atom stereocenters. The van der Waals surface area contributed by atoms with Gasteiger partial charge in [-0.3, -0.25) is 4.79 Å². The highest BCUT2D eigenvalue weighted by molar-refractivity contribution is 5.97. The van der Waals surface area contributed by atoms with Gasteiger partial charge in [-0.25, -0.2) is 0 Å². The Balaban J connectivity index is 1.85. The fourth-order valence-corrected chi connectivity index (χ4v) is 4.06. The van der Waals surface area contributed by atoms with Crippen molar-refractivity contribution in [2.75, 3.05) is 0 Å². The van der Waals surface area contributed by atoms with Crippen LogP contribution in [-0.4, -0.2) is 11.9 Å². The molecular formula is C17H22F3NO2. The number of rotatable bonds is 3. The van der Waals surface area contributed by atoms with Crippen LogP contribution in [0.25, 0.3) is 0 Å². The zero-order valence-corrected chi connectivity index (χ0v) is 13.4. The third kappa shape index (κ3) is 3.12. The van der Waals surface area contributed by atoms with E-state index in [-0.39, 0.29) is 23.3 Å². The number of carbonyl (C=O) groups excluding carboxylic acids is 1. The van der Waals surface area contributed by atoms with E-state index in [1.165, 1.54) is 6.42 Å². The van der Waals surface area contributed by atoms with Crippen molar-refractivity contribution in [3.05, 3.63) is 23.2 Å². The Morgan fingerprint density at radius 3 is 2.61 bits per heavy atom. The Bertz CT molecular complexity index is 591. The lowest BCUT2D eigenvalue weighted by Gasteiger charge is -2.29. The van der Waals surface area contributed by atoms with Crippen molar-refractivity contribution < 1.29 is 22.4 Å². The van der Waals surface area contributed by atoms with E-state index >= 15 is 0 Å². The van der Waals surface area contributed by atoms with Crippen molar-refractivity contribution in [1.82, 2.24) is 5.32 Å². The predicted octanol–water partition coefficient (Wildman–Crippen LogP) is 4.73. The van der Waals surface area contributed by atoms with Crippen LogP contribution >= 0.6 is 0 Å². The fourth-order valence-electron chi connectivity index (χ4n) is 4.06. The van der Waals surface area contributed by atoms with Crippen LogP contribution in [0.3, 0.4) is 0 Å². The van der Waals surface area contributed by atoms with E-state index < -0.39 is 17.6 Å². The van der Waals surface area contributed by atoms with Gasteiger partial charge >= 0.3 is 6.18 Å². The van der Waals surface area contributed by atoms with Crippen molar-refractivity contribution in [2.24, 2.45) is 11.8 Å². The molecule has 2 bridgehead atoms. The van der Waals surface area contributed by atoms with Crippen LogP contribution < -0.4 is 5.32 Å². The Morgan fingerprint density at radius 1 is 1.26 bits per heavy atom. The number of fused-ring (bicyclic) bond motifs is 2. The van der Waals surface area contributed by atoms with E-state index in [1.807, 2.05) is 0 Å². The summed E-state index contributed by atoms with van der Waals surface area (Å²) in [5, 5.41) is 2.86. The molecule has 1 amide bonds. The van der Waals surface area contributed by atoms with Gasteiger partial charge in [-0.05, 0) is 37.5 Å². The lowest BCUT2D eigenvalue weighted by atomic mass is 9.85. The minimum atomic E-state index is -4.59. The molecular weight excluding hydrogens is 307 g/mol. The molecule has 2 aliphatic rings. The van der Waals surface area contributed by atoms with E-state index in [2.05, 4.69) is 5.32 Å². The number of nitrogens with one attached hydrogen (secondary N) is 1. The number of alkyl halides is 3. The molecule has 0 radical (unpaired) electrons. The molecule has 1 aromatic heterocycles. The molecule has 3 atom stereocenters. The molecule has 1 heterocycles. The Morgan fingerprint density at radius 2 is 1.96 bits per heavy atom. The third-order valence-corrected chi connectivity index (χ3v) is 5.23. The first-order valence-corrected chi connectivity index (χ1v) is 8.26. The van der Waals surface area contributed by atoms with Crippen LogP contribution in [0, 0.1) is 11.8 Å². The first-order chi connectivity index (χ1) is 10.8. The second-order valence-electron chi connectivity index (χ2n) is 7.14. The number of hydrogen-bond donors (Lipinski definition) is 1. The molecule has 0 saturated heterocycles. The number of furan rings is 1. The minimum absolute atomic E-state index is 0.0164. The lowest BCUT2D eigenvalue weighted by molar-refractivity contribution is -0.138. The van der Waals surface area contributed by atoms with E-state index in [0.29, 0.717) is 12.2 Å². The standard InChI is InChI=1S/C17H22F3NO2/c1-9(2)15-14(12(8-23-15)17(18,19)20)16(22)21-13-6-4-10-3-5-11(13)7-10/h8-11,13H,3-7H2,1-2H3,(H,21,22). The van der Waals surface area contributed by atoms with Gasteiger partial charge in [0.2, 0.25) is 0 Å². The molecule has 2 aliphatic carbocycles. The first kappa shape index (κ1) is 16.4. The quantitative estimate of drug-likeness (QED) is 0.871. The summed E-state index contributed by atoms with van der Waals surface area (Å²) in [6.07, 6.45) is 1.30. The van der Waals surface area contributed by atoms with Gasteiger partial charge in [-0.1, -0.05) is 20.3 Å². The molecule has 1 N–H and O–H groups in total. The highest BCUT2D eigenvalue weighted by Gasteiger charge is 2.42. The van der Waals surface area contributed by atoms with Crippen molar-refractivity contribution in [1.29, 1.82) is 0 Å². The van der Waals surface area contributed by atoms with Crippen LogP contribution in [-0.2, 0) is 6.18 Å². The zero-order valence-electron chi connectivity index (χ0n) is 13.4. The summed E-state index contributed by atoms with van der Waals surface area (Å²) in [4.78, 5) is 12.6. The predicted molar refractivity (Wildman–Crippen MR) is 79.1 cm³/mol. The molecule has 128 valence electrons. The normalized spacial score (nSPS) is 27.5. The topological polar surface area (TPSA) is 42.2 Å². The second kappa shape index (κ2) is 5.87. The molecule has 0 aromatic carbocycles. The van der Waals surface area contributed by atoms with Gasteiger partial charge in [0.15, 0.2) is 0 Å². The molecule has 2 fully saturated rings. The Hall–Kier alpha value is -1.46. The van der Waals surface area contributed by atoms with Crippen LogP contribution in [0.5, 0.6) is 0 Å². The smallest absolute Gasteiger partial charge is 0.420 e. The highest BCUT2D eigenvalue weighted by atomic mass is 19.4. The van der Waals surface area contributed by atoms with Crippen molar-refractivity contribution in [3.63, 3.8) is 0 Å². The van der Waals surface area contributed by atoms with Gasteiger partial charge in [-0.15, -0.1) is 0 Å². The van der Waals surface area contributed by atoms with Gasteiger partial charge in [-0.2, -0.15) is 13.2 Å². The van der Waals surface area contributed by atoms with Crippen molar-refractivity contribution >= 4 is 5.91 Å². The van der Waals surface area contributed by atoms with E-state index in [9.17, 15) is 18.0 Å². The maximum atomic E-state index is 13.2. The third-order valence-electron chi connectivity index (χ3n) is 5.23. The number of halogens is 3. The Kier molecular flexibility index (Phi) is 4.19. The first-order valence-electron chi connectivity index (χ1n) is 8.26. The maximum absolute atomic E-state index is 13.2. The van der Waals surface area contributed by atoms with Crippen LogP contribution in [0.15, 0.2) is 10.7 Å². The molecule has 0 spiro atoms. The SMILES string of the molecule is CC(C)c1occ(C(F)(F)F)c1C(=O)NC1CCC2CCC1C2. The van der Waals surface area contributed by atoms with E-state index in [4.69, 9.17) is 4.42 Å². The second-order valence-corrected chi connectivity index (χ2v) is 7.14. The molecule has 3 rings (SSSR count). The number of amides is 1. The summed E-state index contributed by atoms with van der Waals surface area (Å²) in [6.45, 7) is 3.44. The molecule has 0 aliphatic heterocycles. The van der Waals surface area contributed by atoms with Crippen LogP contribution in [0.4, 0.5) is 13.2 Å². The maximum Gasteiger partial charge on any atom is 0.420 e. The highest BCUT2D eigenvalue weighted by Crippen LogP contribution is 2.42. The van der Waals surface area contributed by atoms with Crippen molar-refractivity contribution in [3.8, 4) is 0 Å². The van der Waals surface area contributed by atoms with Gasteiger partial charge in [0, 0.05) is 12.0 Å². The summed E-state index contributed by atoms with van der Waals surface area (Å²) in [7, 11) is 0. The lowest BCUT2D eigenvalue weighted by Crippen LogP contribution is -2.42. The van der Waals surface area contributed by atoms with Crippen LogP contribution in [0.2, 0.25) is 0 Å².